The fraction of sp³-hybridized carbons (Fsp3) is 0.733. The van der Waals surface area contributed by atoms with Crippen molar-refractivity contribution in [2.24, 2.45) is 0 Å². The third kappa shape index (κ3) is 3.07. The Bertz CT molecular complexity index is 554. The van der Waals surface area contributed by atoms with E-state index in [-0.39, 0.29) is 6.54 Å². The number of aromatic nitrogens is 2. The standard InChI is InChI=1S/C15H23BFN3O3/c1-14(2)15(3,4)23-16(22-14)10-7-18-13(19-8-10)20-6-5-12(21)11(17)9-20/h7-8,11-12,21H,5-6,9H2,1-4H3/t11-,12-/m1/s1. The predicted molar refractivity (Wildman–Crippen MR) is 85.5 cm³/mol. The van der Waals surface area contributed by atoms with Gasteiger partial charge in [-0.3, -0.25) is 0 Å². The Morgan fingerprint density at radius 1 is 1.22 bits per heavy atom. The second-order valence-electron chi connectivity index (χ2n) is 7.22. The highest BCUT2D eigenvalue weighted by molar-refractivity contribution is 6.61. The van der Waals surface area contributed by atoms with Crippen LogP contribution in [0.25, 0.3) is 0 Å². The average Bonchev–Trinajstić information content (AvgIpc) is 2.71. The number of anilines is 1. The van der Waals surface area contributed by atoms with Crippen LogP contribution < -0.4 is 10.4 Å². The van der Waals surface area contributed by atoms with E-state index in [1.165, 1.54) is 0 Å². The maximum Gasteiger partial charge on any atom is 0.498 e. The molecule has 2 saturated heterocycles. The topological polar surface area (TPSA) is 67.7 Å². The van der Waals surface area contributed by atoms with E-state index in [1.807, 2.05) is 27.7 Å². The zero-order valence-electron chi connectivity index (χ0n) is 14.0. The van der Waals surface area contributed by atoms with Crippen LogP contribution in [-0.4, -0.2) is 58.8 Å². The largest absolute Gasteiger partial charge is 0.498 e. The Balaban J connectivity index is 1.71. The molecule has 126 valence electrons. The van der Waals surface area contributed by atoms with E-state index in [4.69, 9.17) is 9.31 Å². The first-order valence-electron chi connectivity index (χ1n) is 7.94. The lowest BCUT2D eigenvalue weighted by Crippen LogP contribution is -2.45. The highest BCUT2D eigenvalue weighted by Gasteiger charge is 2.52. The minimum atomic E-state index is -1.27. The smallest absolute Gasteiger partial charge is 0.399 e. The number of piperidine rings is 1. The average molecular weight is 323 g/mol. The highest BCUT2D eigenvalue weighted by Crippen LogP contribution is 2.36. The van der Waals surface area contributed by atoms with Crippen LogP contribution >= 0.6 is 0 Å². The molecule has 6 nitrogen and oxygen atoms in total. The van der Waals surface area contributed by atoms with Gasteiger partial charge in [0.05, 0.1) is 23.9 Å². The van der Waals surface area contributed by atoms with E-state index in [0.717, 1.165) is 5.46 Å². The highest BCUT2D eigenvalue weighted by atomic mass is 19.1. The van der Waals surface area contributed by atoms with E-state index in [1.54, 1.807) is 17.3 Å². The van der Waals surface area contributed by atoms with Crippen LogP contribution in [0.15, 0.2) is 12.4 Å². The molecule has 2 aliphatic rings. The predicted octanol–water partition coefficient (Wildman–Crippen LogP) is 0.685. The van der Waals surface area contributed by atoms with E-state index in [0.29, 0.717) is 18.9 Å². The quantitative estimate of drug-likeness (QED) is 0.808. The summed E-state index contributed by atoms with van der Waals surface area (Å²) >= 11 is 0. The Hall–Kier alpha value is -1.25. The Labute approximate surface area is 136 Å². The molecule has 2 fully saturated rings. The van der Waals surface area contributed by atoms with Crippen molar-refractivity contribution in [2.75, 3.05) is 18.0 Å². The molecule has 3 heterocycles. The van der Waals surface area contributed by atoms with Crippen molar-refractivity contribution < 1.29 is 18.8 Å². The van der Waals surface area contributed by atoms with Crippen LogP contribution in [0.4, 0.5) is 10.3 Å². The lowest BCUT2D eigenvalue weighted by molar-refractivity contribution is 0.00578. The van der Waals surface area contributed by atoms with Gasteiger partial charge in [-0.1, -0.05) is 0 Å². The molecule has 8 heteroatoms. The zero-order chi connectivity index (χ0) is 16.8. The summed E-state index contributed by atoms with van der Waals surface area (Å²) in [5, 5.41) is 9.45. The molecule has 2 aliphatic heterocycles. The molecular formula is C15H23BFN3O3. The Morgan fingerprint density at radius 3 is 2.30 bits per heavy atom. The SMILES string of the molecule is CC1(C)OB(c2cnc(N3CC[C@@H](O)[C@H](F)C3)nc2)OC1(C)C. The van der Waals surface area contributed by atoms with Gasteiger partial charge in [0, 0.05) is 24.4 Å². The second-order valence-corrected chi connectivity index (χ2v) is 7.22. The number of rotatable bonds is 2. The van der Waals surface area contributed by atoms with Crippen molar-refractivity contribution in [3.63, 3.8) is 0 Å². The van der Waals surface area contributed by atoms with Crippen LogP contribution in [-0.2, 0) is 9.31 Å². The van der Waals surface area contributed by atoms with Gasteiger partial charge in [0.2, 0.25) is 5.95 Å². The van der Waals surface area contributed by atoms with Gasteiger partial charge in [0.25, 0.3) is 0 Å². The molecule has 0 amide bonds. The minimum Gasteiger partial charge on any atom is -0.399 e. The molecule has 1 aromatic heterocycles. The van der Waals surface area contributed by atoms with Crippen molar-refractivity contribution in [1.82, 2.24) is 9.97 Å². The molecule has 1 aromatic rings. The third-order valence-corrected chi connectivity index (χ3v) is 4.97. The second kappa shape index (κ2) is 5.68. The first-order chi connectivity index (χ1) is 10.7. The maximum atomic E-state index is 13.6. The number of nitrogens with zero attached hydrogens (tertiary/aromatic N) is 3. The number of hydrogen-bond donors (Lipinski definition) is 1. The summed E-state index contributed by atoms with van der Waals surface area (Å²) in [6.45, 7) is 8.60. The number of alkyl halides is 1. The lowest BCUT2D eigenvalue weighted by Gasteiger charge is -2.32. The summed E-state index contributed by atoms with van der Waals surface area (Å²) in [6, 6.07) is 0. The molecule has 23 heavy (non-hydrogen) atoms. The van der Waals surface area contributed by atoms with Crippen LogP contribution in [0.2, 0.25) is 0 Å². The summed E-state index contributed by atoms with van der Waals surface area (Å²) in [4.78, 5) is 10.4. The first kappa shape index (κ1) is 16.6. The fourth-order valence-electron chi connectivity index (χ4n) is 2.67. The molecule has 0 unspecified atom stereocenters. The first-order valence-corrected chi connectivity index (χ1v) is 7.94. The van der Waals surface area contributed by atoms with Crippen molar-refractivity contribution in [2.45, 2.75) is 57.6 Å². The number of halogens is 1. The van der Waals surface area contributed by atoms with Gasteiger partial charge in [-0.2, -0.15) is 0 Å². The van der Waals surface area contributed by atoms with Gasteiger partial charge in [-0.05, 0) is 34.1 Å². The molecule has 3 rings (SSSR count). The summed E-state index contributed by atoms with van der Waals surface area (Å²) < 4.78 is 25.5. The molecule has 0 saturated carbocycles. The van der Waals surface area contributed by atoms with Crippen LogP contribution in [0.3, 0.4) is 0 Å². The maximum absolute atomic E-state index is 13.6. The van der Waals surface area contributed by atoms with Gasteiger partial charge in [0.15, 0.2) is 0 Å². The van der Waals surface area contributed by atoms with Gasteiger partial charge >= 0.3 is 7.12 Å². The lowest BCUT2D eigenvalue weighted by atomic mass is 9.81. The normalized spacial score (nSPS) is 29.8. The van der Waals surface area contributed by atoms with Gasteiger partial charge in [-0.15, -0.1) is 0 Å². The van der Waals surface area contributed by atoms with E-state index in [9.17, 15) is 9.50 Å². The van der Waals surface area contributed by atoms with Crippen molar-refractivity contribution in [3.8, 4) is 0 Å². The van der Waals surface area contributed by atoms with Crippen LogP contribution in [0, 0.1) is 0 Å². The van der Waals surface area contributed by atoms with Gasteiger partial charge < -0.3 is 19.3 Å². The van der Waals surface area contributed by atoms with E-state index < -0.39 is 30.6 Å². The fourth-order valence-corrected chi connectivity index (χ4v) is 2.67. The molecule has 1 N–H and O–H groups in total. The molecule has 0 bridgehead atoms. The number of hydrogen-bond acceptors (Lipinski definition) is 6. The zero-order valence-corrected chi connectivity index (χ0v) is 14.0. The summed E-state index contributed by atoms with van der Waals surface area (Å²) in [7, 11) is -0.508. The summed E-state index contributed by atoms with van der Waals surface area (Å²) in [5.74, 6) is 0.458. The van der Waals surface area contributed by atoms with Crippen molar-refractivity contribution in [1.29, 1.82) is 0 Å². The monoisotopic (exact) mass is 323 g/mol. The van der Waals surface area contributed by atoms with Crippen LogP contribution in [0.1, 0.15) is 34.1 Å². The Kier molecular flexibility index (Phi) is 4.10. The molecule has 0 radical (unpaired) electrons. The minimum absolute atomic E-state index is 0.108. The van der Waals surface area contributed by atoms with Crippen molar-refractivity contribution in [3.05, 3.63) is 12.4 Å². The molecule has 2 atom stereocenters. The summed E-state index contributed by atoms with van der Waals surface area (Å²) in [5.41, 5.74) is -0.0945. The number of aliphatic hydroxyl groups excluding tert-OH is 1. The molecule has 0 aromatic carbocycles. The summed E-state index contributed by atoms with van der Waals surface area (Å²) in [6.07, 6.45) is 1.53. The molecule has 0 spiro atoms. The number of aliphatic hydroxyl groups is 1. The molecular weight excluding hydrogens is 300 g/mol. The van der Waals surface area contributed by atoms with E-state index in [2.05, 4.69) is 9.97 Å². The van der Waals surface area contributed by atoms with E-state index >= 15 is 0 Å². The Morgan fingerprint density at radius 2 is 1.78 bits per heavy atom. The third-order valence-electron chi connectivity index (χ3n) is 4.97. The van der Waals surface area contributed by atoms with Gasteiger partial charge in [0.1, 0.15) is 6.17 Å². The molecule has 0 aliphatic carbocycles. The van der Waals surface area contributed by atoms with Gasteiger partial charge in [-0.25, -0.2) is 14.4 Å². The van der Waals surface area contributed by atoms with Crippen LogP contribution in [0.5, 0.6) is 0 Å². The van der Waals surface area contributed by atoms with Crippen molar-refractivity contribution >= 4 is 18.5 Å².